The molecule has 0 aliphatic heterocycles. The Kier molecular flexibility index (Phi) is 5.60. The Morgan fingerprint density at radius 1 is 1.15 bits per heavy atom. The number of nitro benzene ring substituents is 1. The maximum absolute atomic E-state index is 13.4. The lowest BCUT2D eigenvalue weighted by Gasteiger charge is -2.11. The molecular weight excluding hydrogens is 364 g/mol. The van der Waals surface area contributed by atoms with E-state index in [2.05, 4.69) is 10.1 Å². The molecule has 7 nitrogen and oxygen atoms in total. The van der Waals surface area contributed by atoms with Crippen LogP contribution >= 0.6 is 0 Å². The molecule has 0 saturated heterocycles. The van der Waals surface area contributed by atoms with Gasteiger partial charge in [-0.15, -0.1) is 13.2 Å². The molecular formula is C15H10F4N2O5. The first-order valence-electron chi connectivity index (χ1n) is 6.86. The Morgan fingerprint density at radius 3 is 2.50 bits per heavy atom. The highest BCUT2D eigenvalue weighted by Crippen LogP contribution is 2.25. The predicted octanol–water partition coefficient (Wildman–Crippen LogP) is 3.65. The van der Waals surface area contributed by atoms with Gasteiger partial charge < -0.3 is 14.8 Å². The summed E-state index contributed by atoms with van der Waals surface area (Å²) in [4.78, 5) is 21.3. The van der Waals surface area contributed by atoms with Crippen molar-refractivity contribution in [1.82, 2.24) is 0 Å². The monoisotopic (exact) mass is 374 g/mol. The number of halogens is 4. The SMILES string of the molecule is O=C(COc1ccc([N+](=O)[O-])c(F)c1)Nc1cccc(OC(F)(F)F)c1. The van der Waals surface area contributed by atoms with Crippen molar-refractivity contribution in [2.24, 2.45) is 0 Å². The standard InChI is InChI=1S/C15H10F4N2O5/c16-12-7-10(4-5-13(12)21(23)24)25-8-14(22)20-9-2-1-3-11(6-9)26-15(17,18)19/h1-7H,8H2,(H,20,22). The van der Waals surface area contributed by atoms with Crippen LogP contribution in [0.3, 0.4) is 0 Å². The zero-order valence-electron chi connectivity index (χ0n) is 12.7. The molecule has 0 saturated carbocycles. The molecule has 2 aromatic rings. The molecule has 26 heavy (non-hydrogen) atoms. The highest BCUT2D eigenvalue weighted by Gasteiger charge is 2.31. The van der Waals surface area contributed by atoms with Crippen LogP contribution in [0.15, 0.2) is 42.5 Å². The van der Waals surface area contributed by atoms with E-state index in [-0.39, 0.29) is 11.4 Å². The van der Waals surface area contributed by atoms with Crippen LogP contribution in [0.25, 0.3) is 0 Å². The van der Waals surface area contributed by atoms with Crippen molar-refractivity contribution in [2.45, 2.75) is 6.36 Å². The molecule has 0 aromatic heterocycles. The molecule has 0 heterocycles. The van der Waals surface area contributed by atoms with Crippen molar-refractivity contribution in [3.05, 3.63) is 58.4 Å². The summed E-state index contributed by atoms with van der Waals surface area (Å²) in [6.07, 6.45) is -4.87. The van der Waals surface area contributed by atoms with E-state index < -0.39 is 41.1 Å². The normalized spacial score (nSPS) is 10.9. The van der Waals surface area contributed by atoms with E-state index in [0.717, 1.165) is 30.3 Å². The van der Waals surface area contributed by atoms with Gasteiger partial charge in [0.05, 0.1) is 4.92 Å². The number of alkyl halides is 3. The van der Waals surface area contributed by atoms with Crippen molar-refractivity contribution in [1.29, 1.82) is 0 Å². The minimum Gasteiger partial charge on any atom is -0.484 e. The van der Waals surface area contributed by atoms with Crippen LogP contribution in [-0.4, -0.2) is 23.8 Å². The number of anilines is 1. The number of carbonyl (C=O) groups excluding carboxylic acids is 1. The fraction of sp³-hybridized carbons (Fsp3) is 0.133. The zero-order chi connectivity index (χ0) is 19.3. The van der Waals surface area contributed by atoms with Gasteiger partial charge in [0, 0.05) is 23.9 Å². The van der Waals surface area contributed by atoms with Crippen molar-refractivity contribution < 1.29 is 36.8 Å². The first-order chi connectivity index (χ1) is 12.1. The average molecular weight is 374 g/mol. The number of hydrogen-bond acceptors (Lipinski definition) is 5. The molecule has 1 N–H and O–H groups in total. The molecule has 0 bridgehead atoms. The largest absolute Gasteiger partial charge is 0.573 e. The van der Waals surface area contributed by atoms with Gasteiger partial charge in [0.15, 0.2) is 6.61 Å². The lowest BCUT2D eigenvalue weighted by molar-refractivity contribution is -0.387. The fourth-order valence-corrected chi connectivity index (χ4v) is 1.84. The summed E-state index contributed by atoms with van der Waals surface area (Å²) in [5, 5.41) is 12.8. The zero-order valence-corrected chi connectivity index (χ0v) is 12.7. The number of nitrogens with one attached hydrogen (secondary N) is 1. The summed E-state index contributed by atoms with van der Waals surface area (Å²) in [5.41, 5.74) is -0.724. The van der Waals surface area contributed by atoms with E-state index in [1.54, 1.807) is 0 Å². The van der Waals surface area contributed by atoms with Gasteiger partial charge in [0.25, 0.3) is 5.91 Å². The van der Waals surface area contributed by atoms with Crippen LogP contribution in [0.4, 0.5) is 28.9 Å². The number of hydrogen-bond donors (Lipinski definition) is 1. The molecule has 0 aliphatic rings. The summed E-state index contributed by atoms with van der Waals surface area (Å²) in [6.45, 7) is -0.596. The summed E-state index contributed by atoms with van der Waals surface area (Å²) in [5.74, 6) is -2.52. The Hall–Kier alpha value is -3.37. The third-order valence-corrected chi connectivity index (χ3v) is 2.84. The molecule has 0 radical (unpaired) electrons. The molecule has 2 rings (SSSR count). The van der Waals surface area contributed by atoms with E-state index in [4.69, 9.17) is 4.74 Å². The Balaban J connectivity index is 1.94. The van der Waals surface area contributed by atoms with Crippen LogP contribution in [0.2, 0.25) is 0 Å². The van der Waals surface area contributed by atoms with Crippen molar-refractivity contribution in [3.63, 3.8) is 0 Å². The number of nitrogens with zero attached hydrogens (tertiary/aromatic N) is 1. The van der Waals surface area contributed by atoms with Crippen molar-refractivity contribution in [2.75, 3.05) is 11.9 Å². The molecule has 0 unspecified atom stereocenters. The molecule has 2 aromatic carbocycles. The first-order valence-corrected chi connectivity index (χ1v) is 6.86. The van der Waals surface area contributed by atoms with Crippen LogP contribution in [-0.2, 0) is 4.79 Å². The van der Waals surface area contributed by atoms with E-state index >= 15 is 0 Å². The van der Waals surface area contributed by atoms with Gasteiger partial charge in [-0.3, -0.25) is 14.9 Å². The second-order valence-corrected chi connectivity index (χ2v) is 4.78. The second-order valence-electron chi connectivity index (χ2n) is 4.78. The number of rotatable bonds is 6. The van der Waals surface area contributed by atoms with E-state index in [9.17, 15) is 32.5 Å². The molecule has 0 atom stereocenters. The molecule has 0 fully saturated rings. The summed E-state index contributed by atoms with van der Waals surface area (Å²) < 4.78 is 58.6. The van der Waals surface area contributed by atoms with Crippen molar-refractivity contribution in [3.8, 4) is 11.5 Å². The first kappa shape index (κ1) is 19.0. The van der Waals surface area contributed by atoms with Crippen LogP contribution in [0.5, 0.6) is 11.5 Å². The maximum Gasteiger partial charge on any atom is 0.573 e. The third kappa shape index (κ3) is 5.61. The highest BCUT2D eigenvalue weighted by molar-refractivity contribution is 5.92. The van der Waals surface area contributed by atoms with E-state index in [1.165, 1.54) is 12.1 Å². The average Bonchev–Trinajstić information content (AvgIpc) is 2.51. The predicted molar refractivity (Wildman–Crippen MR) is 80.3 cm³/mol. The van der Waals surface area contributed by atoms with Crippen LogP contribution in [0, 0.1) is 15.9 Å². The second kappa shape index (κ2) is 7.68. The minimum absolute atomic E-state index is 0.0234. The number of amides is 1. The van der Waals surface area contributed by atoms with Gasteiger partial charge in [-0.1, -0.05) is 6.07 Å². The lowest BCUT2D eigenvalue weighted by Crippen LogP contribution is -2.20. The quantitative estimate of drug-likeness (QED) is 0.474. The van der Waals surface area contributed by atoms with Crippen LogP contribution in [0.1, 0.15) is 0 Å². The van der Waals surface area contributed by atoms with E-state index in [1.807, 2.05) is 0 Å². The van der Waals surface area contributed by atoms with Gasteiger partial charge in [-0.25, -0.2) is 0 Å². The topological polar surface area (TPSA) is 90.7 Å². The van der Waals surface area contributed by atoms with Crippen molar-refractivity contribution >= 4 is 17.3 Å². The Morgan fingerprint density at radius 2 is 1.88 bits per heavy atom. The lowest BCUT2D eigenvalue weighted by atomic mass is 10.3. The molecule has 11 heteroatoms. The molecule has 1 amide bonds. The summed E-state index contributed by atoms with van der Waals surface area (Å²) >= 11 is 0. The molecule has 138 valence electrons. The van der Waals surface area contributed by atoms with E-state index in [0.29, 0.717) is 0 Å². The smallest absolute Gasteiger partial charge is 0.484 e. The Bertz CT molecular complexity index is 826. The number of carbonyl (C=O) groups is 1. The number of ether oxygens (including phenoxy) is 2. The maximum atomic E-state index is 13.4. The molecule has 0 aliphatic carbocycles. The highest BCUT2D eigenvalue weighted by atomic mass is 19.4. The number of benzene rings is 2. The number of nitro groups is 1. The summed E-state index contributed by atoms with van der Waals surface area (Å²) in [7, 11) is 0. The summed E-state index contributed by atoms with van der Waals surface area (Å²) in [6, 6.07) is 7.29. The van der Waals surface area contributed by atoms with Gasteiger partial charge >= 0.3 is 12.0 Å². The van der Waals surface area contributed by atoms with Gasteiger partial charge in [-0.2, -0.15) is 4.39 Å². The van der Waals surface area contributed by atoms with Crippen LogP contribution < -0.4 is 14.8 Å². The fourth-order valence-electron chi connectivity index (χ4n) is 1.84. The Labute approximate surface area is 143 Å². The third-order valence-electron chi connectivity index (χ3n) is 2.84. The molecule has 0 spiro atoms. The minimum atomic E-state index is -4.87. The van der Waals surface area contributed by atoms with Gasteiger partial charge in [-0.05, 0) is 18.2 Å². The van der Waals surface area contributed by atoms with Gasteiger partial charge in [0.2, 0.25) is 5.82 Å². The van der Waals surface area contributed by atoms with Gasteiger partial charge in [0.1, 0.15) is 11.5 Å².